The maximum Gasteiger partial charge on any atom is 0.296 e. The number of hydrogen-bond acceptors (Lipinski definition) is 2. The zero-order valence-corrected chi connectivity index (χ0v) is 12.7. The van der Waals surface area contributed by atoms with Crippen LogP contribution in [0, 0.1) is 0 Å². The van der Waals surface area contributed by atoms with Crippen molar-refractivity contribution in [2.24, 2.45) is 0 Å². The van der Waals surface area contributed by atoms with E-state index in [0.717, 1.165) is 0 Å². The third-order valence-electron chi connectivity index (χ3n) is 3.80. The number of benzene rings is 1. The smallest absolute Gasteiger partial charge is 0.296 e. The molecule has 1 aromatic carbocycles. The van der Waals surface area contributed by atoms with E-state index in [1.165, 1.54) is 0 Å². The summed E-state index contributed by atoms with van der Waals surface area (Å²) in [5, 5.41) is 12.1. The highest BCUT2D eigenvalue weighted by Gasteiger charge is 2.46. The van der Waals surface area contributed by atoms with E-state index >= 15 is 0 Å². The van der Waals surface area contributed by atoms with E-state index in [0.29, 0.717) is 10.6 Å². The summed E-state index contributed by atoms with van der Waals surface area (Å²) in [5.41, 5.74) is 0.550. The fraction of sp³-hybridized carbons (Fsp3) is 0.118. The Morgan fingerprint density at radius 1 is 1.09 bits per heavy atom. The van der Waals surface area contributed by atoms with E-state index in [4.69, 9.17) is 11.6 Å². The van der Waals surface area contributed by atoms with Crippen molar-refractivity contribution in [3.63, 3.8) is 0 Å². The van der Waals surface area contributed by atoms with Crippen molar-refractivity contribution < 1.29 is 14.2 Å². The lowest BCUT2D eigenvalue weighted by atomic mass is 9.81. The number of imide groups is 1. The third-order valence-corrected chi connectivity index (χ3v) is 4.14. The lowest BCUT2D eigenvalue weighted by Crippen LogP contribution is -2.57. The standard InChI is InChI=1S/C17H12ClN3O2/c18-13-7-3-2-6-11(13)14-12(10-19)16(22)20-17(23)15(14)21-8-4-1-5-9-21/h1-9,14-15H,(H,20,22,23)/t14-,15+/m1/s1. The molecule has 0 bridgehead atoms. The van der Waals surface area contributed by atoms with Crippen LogP contribution < -0.4 is 9.88 Å². The van der Waals surface area contributed by atoms with Crippen molar-refractivity contribution in [1.82, 2.24) is 5.32 Å². The average molecular weight is 326 g/mol. The van der Waals surface area contributed by atoms with Gasteiger partial charge in [0.2, 0.25) is 6.04 Å². The third kappa shape index (κ3) is 2.68. The van der Waals surface area contributed by atoms with Crippen LogP contribution in [-0.2, 0) is 9.59 Å². The van der Waals surface area contributed by atoms with Gasteiger partial charge in [-0.25, -0.2) is 0 Å². The van der Waals surface area contributed by atoms with Crippen LogP contribution in [0.3, 0.4) is 0 Å². The maximum atomic E-state index is 12.4. The van der Waals surface area contributed by atoms with E-state index in [9.17, 15) is 15.0 Å². The number of hydrogen-bond donors (Lipinski definition) is 1. The van der Waals surface area contributed by atoms with Gasteiger partial charge in [0.25, 0.3) is 11.8 Å². The highest BCUT2D eigenvalue weighted by molar-refractivity contribution is 6.31. The summed E-state index contributed by atoms with van der Waals surface area (Å²) in [6.07, 6.45) is 3.44. The number of pyridine rings is 1. The molecule has 3 rings (SSSR count). The zero-order chi connectivity index (χ0) is 16.4. The van der Waals surface area contributed by atoms with Crippen molar-refractivity contribution in [3.05, 3.63) is 76.4 Å². The Bertz CT molecular complexity index is 829. The van der Waals surface area contributed by atoms with Crippen LogP contribution >= 0.6 is 11.6 Å². The molecule has 0 saturated carbocycles. The fourth-order valence-electron chi connectivity index (χ4n) is 2.78. The van der Waals surface area contributed by atoms with Crippen LogP contribution in [0.4, 0.5) is 0 Å². The Morgan fingerprint density at radius 2 is 1.78 bits per heavy atom. The number of carbonyl (C=O) groups is 2. The quantitative estimate of drug-likeness (QED) is 0.395. The summed E-state index contributed by atoms with van der Waals surface area (Å²) >= 11 is 6.25. The van der Waals surface area contributed by atoms with Crippen molar-refractivity contribution in [2.75, 3.05) is 0 Å². The molecule has 2 amide bonds. The van der Waals surface area contributed by atoms with Gasteiger partial charge < -0.3 is 5.41 Å². The molecule has 23 heavy (non-hydrogen) atoms. The van der Waals surface area contributed by atoms with Gasteiger partial charge >= 0.3 is 0 Å². The molecule has 1 aromatic heterocycles. The fourth-order valence-corrected chi connectivity index (χ4v) is 3.04. The van der Waals surface area contributed by atoms with E-state index < -0.39 is 23.8 Å². The molecule has 1 aliphatic heterocycles. The van der Waals surface area contributed by atoms with Gasteiger partial charge in [-0.3, -0.25) is 20.8 Å². The lowest BCUT2D eigenvalue weighted by Gasteiger charge is -2.29. The van der Waals surface area contributed by atoms with Crippen molar-refractivity contribution in [1.29, 1.82) is 0 Å². The Kier molecular flexibility index (Phi) is 4.06. The first-order chi connectivity index (χ1) is 11.1. The molecule has 2 aromatic rings. The van der Waals surface area contributed by atoms with Gasteiger partial charge in [0.1, 0.15) is 0 Å². The molecular formula is C17H12ClN3O2. The summed E-state index contributed by atoms with van der Waals surface area (Å²) in [6, 6.07) is 11.5. The van der Waals surface area contributed by atoms with Gasteiger partial charge in [-0.2, -0.15) is 4.57 Å². The van der Waals surface area contributed by atoms with Crippen LogP contribution in [0.1, 0.15) is 17.5 Å². The number of amides is 2. The molecule has 0 spiro atoms. The second-order valence-electron chi connectivity index (χ2n) is 5.11. The maximum absolute atomic E-state index is 12.4. The Hall–Kier alpha value is -2.75. The molecule has 1 aliphatic rings. The van der Waals surface area contributed by atoms with E-state index in [-0.39, 0.29) is 5.57 Å². The van der Waals surface area contributed by atoms with Crippen LogP contribution in [0.5, 0.6) is 0 Å². The summed E-state index contributed by atoms with van der Waals surface area (Å²) in [4.78, 5) is 24.5. The number of nitrogens with zero attached hydrogens (tertiary/aromatic N) is 2. The van der Waals surface area contributed by atoms with Gasteiger partial charge in [-0.1, -0.05) is 35.9 Å². The number of piperidine rings is 1. The van der Waals surface area contributed by atoms with Crippen molar-refractivity contribution >= 4 is 29.3 Å². The summed E-state index contributed by atoms with van der Waals surface area (Å²) in [5.74, 6) is 0.0623. The molecule has 0 unspecified atom stereocenters. The largest absolute Gasteiger partial charge is 0.763 e. The zero-order valence-electron chi connectivity index (χ0n) is 11.9. The molecule has 0 radical (unpaired) electrons. The molecule has 0 aliphatic carbocycles. The van der Waals surface area contributed by atoms with Crippen molar-refractivity contribution in [2.45, 2.75) is 12.0 Å². The normalized spacial score (nSPS) is 20.8. The lowest BCUT2D eigenvalue weighted by molar-refractivity contribution is -0.711. The van der Waals surface area contributed by atoms with Gasteiger partial charge in [0.05, 0.1) is 11.5 Å². The average Bonchev–Trinajstić information content (AvgIpc) is 2.55. The van der Waals surface area contributed by atoms with Crippen molar-refractivity contribution in [3.8, 4) is 0 Å². The topological polar surface area (TPSA) is 72.3 Å². The van der Waals surface area contributed by atoms with Gasteiger partial charge in [0.15, 0.2) is 12.4 Å². The molecule has 5 nitrogen and oxygen atoms in total. The number of aromatic nitrogens is 1. The highest BCUT2D eigenvalue weighted by Crippen LogP contribution is 2.37. The van der Waals surface area contributed by atoms with E-state index in [2.05, 4.69) is 5.32 Å². The van der Waals surface area contributed by atoms with Crippen LogP contribution in [0.2, 0.25) is 5.02 Å². The molecule has 2 heterocycles. The molecule has 114 valence electrons. The molecule has 1 fully saturated rings. The van der Waals surface area contributed by atoms with Crippen LogP contribution in [-0.4, -0.2) is 17.7 Å². The van der Waals surface area contributed by atoms with Gasteiger partial charge in [-0.05, 0) is 11.6 Å². The monoisotopic (exact) mass is 325 g/mol. The minimum Gasteiger partial charge on any atom is -0.763 e. The summed E-state index contributed by atoms with van der Waals surface area (Å²) in [7, 11) is 0. The molecule has 1 saturated heterocycles. The number of carbonyl (C=O) groups excluding carboxylic acids is 2. The summed E-state index contributed by atoms with van der Waals surface area (Å²) < 4.78 is 1.67. The Morgan fingerprint density at radius 3 is 2.43 bits per heavy atom. The van der Waals surface area contributed by atoms with Gasteiger partial charge in [0, 0.05) is 17.2 Å². The SMILES string of the molecule is [N-]=C=C1C(=O)NC(=O)[C@@H]([n+]2ccccc2)[C@@H]1c1ccccc1Cl. The van der Waals surface area contributed by atoms with Crippen LogP contribution in [0.25, 0.3) is 5.41 Å². The second kappa shape index (κ2) is 6.16. The minimum absolute atomic E-state index is 0.0287. The highest BCUT2D eigenvalue weighted by atomic mass is 35.5. The predicted molar refractivity (Wildman–Crippen MR) is 84.9 cm³/mol. The van der Waals surface area contributed by atoms with E-state index in [1.807, 2.05) is 11.9 Å². The summed E-state index contributed by atoms with van der Waals surface area (Å²) in [6.45, 7) is 0. The first-order valence-corrected chi connectivity index (χ1v) is 7.33. The first kappa shape index (κ1) is 15.2. The molecule has 1 N–H and O–H groups in total. The molecule has 6 heteroatoms. The number of halogens is 1. The van der Waals surface area contributed by atoms with E-state index in [1.54, 1.807) is 53.4 Å². The second-order valence-corrected chi connectivity index (χ2v) is 5.52. The predicted octanol–water partition coefficient (Wildman–Crippen LogP) is 1.77. The van der Waals surface area contributed by atoms with Crippen LogP contribution in [0.15, 0.2) is 60.4 Å². The van der Waals surface area contributed by atoms with Gasteiger partial charge in [-0.15, -0.1) is 0 Å². The first-order valence-electron chi connectivity index (χ1n) is 6.96. The molecular weight excluding hydrogens is 314 g/mol. The Labute approximate surface area is 137 Å². The Balaban J connectivity index is 2.22. The molecule has 2 atom stereocenters. The number of rotatable bonds is 2. The minimum atomic E-state index is -0.761. The number of nitrogens with one attached hydrogen (secondary N) is 1.